The molecule has 1 fully saturated rings. The molecule has 1 aromatic carbocycles. The van der Waals surface area contributed by atoms with Crippen LogP contribution in [-0.4, -0.2) is 53.7 Å². The third kappa shape index (κ3) is 5.40. The number of ether oxygens (including phenoxy) is 1. The van der Waals surface area contributed by atoms with Gasteiger partial charge in [-0.2, -0.15) is 5.26 Å². The number of amides is 1. The molecule has 1 atom stereocenters. The molecule has 3 N–H and O–H groups in total. The molecule has 0 spiro atoms. The number of nitrogens with zero attached hydrogens (tertiary/aromatic N) is 4. The summed E-state index contributed by atoms with van der Waals surface area (Å²) >= 11 is 1.15. The summed E-state index contributed by atoms with van der Waals surface area (Å²) in [6.07, 6.45) is 1.79. The van der Waals surface area contributed by atoms with Crippen molar-refractivity contribution < 1.29 is 14.3 Å². The van der Waals surface area contributed by atoms with Gasteiger partial charge in [0, 0.05) is 31.1 Å². The lowest BCUT2D eigenvalue weighted by molar-refractivity contribution is -0.142. The number of carbonyl (C=O) groups excluding carboxylic acids is 2. The summed E-state index contributed by atoms with van der Waals surface area (Å²) in [4.78, 5) is 45.0. The average molecular weight is 509 g/mol. The Hall–Kier alpha value is -3.75. The van der Waals surface area contributed by atoms with Gasteiger partial charge in [0.25, 0.3) is 11.5 Å². The Labute approximate surface area is 212 Å². The smallest absolute Gasteiger partial charge is 0.307 e. The third-order valence-corrected chi connectivity index (χ3v) is 6.99. The largest absolute Gasteiger partial charge is 0.466 e. The number of esters is 1. The van der Waals surface area contributed by atoms with Crippen molar-refractivity contribution in [3.63, 3.8) is 0 Å². The number of piperidine rings is 1. The second kappa shape index (κ2) is 11.3. The van der Waals surface area contributed by atoms with Crippen LogP contribution in [0.15, 0.2) is 34.4 Å². The molecule has 0 saturated carbocycles. The van der Waals surface area contributed by atoms with Gasteiger partial charge in [-0.1, -0.05) is 18.2 Å². The van der Waals surface area contributed by atoms with Crippen LogP contribution in [0.5, 0.6) is 0 Å². The number of benzene rings is 1. The number of carbonyl (C=O) groups is 2. The number of hydrogen-bond donors (Lipinski definition) is 2. The van der Waals surface area contributed by atoms with Crippen molar-refractivity contribution in [2.45, 2.75) is 38.8 Å². The van der Waals surface area contributed by atoms with Gasteiger partial charge in [0.15, 0.2) is 0 Å². The maximum atomic E-state index is 13.7. The number of nitrogens with one attached hydrogen (secondary N) is 1. The van der Waals surface area contributed by atoms with E-state index < -0.39 is 11.9 Å². The number of fused-ring (bicyclic) bond motifs is 1. The van der Waals surface area contributed by atoms with Crippen LogP contribution in [0.25, 0.3) is 10.2 Å². The maximum Gasteiger partial charge on any atom is 0.307 e. The van der Waals surface area contributed by atoms with Gasteiger partial charge in [-0.15, -0.1) is 11.3 Å². The minimum absolute atomic E-state index is 0.0527. The Morgan fingerprint density at radius 3 is 2.92 bits per heavy atom. The number of nitrogens with two attached hydrogens (primary N) is 1. The van der Waals surface area contributed by atoms with Crippen molar-refractivity contribution in [3.05, 3.63) is 56.7 Å². The first kappa shape index (κ1) is 25.3. The Balaban J connectivity index is 1.73. The van der Waals surface area contributed by atoms with E-state index in [2.05, 4.69) is 11.4 Å². The van der Waals surface area contributed by atoms with Gasteiger partial charge in [-0.3, -0.25) is 19.0 Å². The van der Waals surface area contributed by atoms with Crippen molar-refractivity contribution in [2.75, 3.05) is 31.1 Å². The van der Waals surface area contributed by atoms with Crippen molar-refractivity contribution >= 4 is 39.4 Å². The summed E-state index contributed by atoms with van der Waals surface area (Å²) in [5.74, 6) is -0.379. The minimum atomic E-state index is -0.411. The first-order chi connectivity index (χ1) is 17.4. The molecule has 188 valence electrons. The van der Waals surface area contributed by atoms with Gasteiger partial charge in [-0.05, 0) is 31.4 Å². The fourth-order valence-electron chi connectivity index (χ4n) is 4.27. The quantitative estimate of drug-likeness (QED) is 0.440. The topological polar surface area (TPSA) is 143 Å². The summed E-state index contributed by atoms with van der Waals surface area (Å²) in [6.45, 7) is 3.49. The first-order valence-corrected chi connectivity index (χ1v) is 12.7. The van der Waals surface area contributed by atoms with E-state index in [4.69, 9.17) is 15.5 Å². The van der Waals surface area contributed by atoms with Gasteiger partial charge >= 0.3 is 5.97 Å². The van der Waals surface area contributed by atoms with E-state index >= 15 is 0 Å². The molecular formula is C25H28N6O4S. The van der Waals surface area contributed by atoms with E-state index in [1.807, 2.05) is 17.0 Å². The normalized spacial score (nSPS) is 15.5. The second-order valence-electron chi connectivity index (χ2n) is 8.56. The molecule has 0 bridgehead atoms. The minimum Gasteiger partial charge on any atom is -0.466 e. The van der Waals surface area contributed by atoms with Gasteiger partial charge in [0.1, 0.15) is 10.2 Å². The second-order valence-corrected chi connectivity index (χ2v) is 9.44. The van der Waals surface area contributed by atoms with Crippen LogP contribution < -0.4 is 21.5 Å². The van der Waals surface area contributed by atoms with Crippen molar-refractivity contribution in [1.82, 2.24) is 14.9 Å². The Morgan fingerprint density at radius 2 is 2.17 bits per heavy atom. The van der Waals surface area contributed by atoms with Crippen LogP contribution in [0.2, 0.25) is 0 Å². The van der Waals surface area contributed by atoms with Gasteiger partial charge in [-0.25, -0.2) is 4.98 Å². The van der Waals surface area contributed by atoms with E-state index in [-0.39, 0.29) is 43.3 Å². The van der Waals surface area contributed by atoms with Crippen LogP contribution in [0, 0.1) is 11.3 Å². The Bertz CT molecular complexity index is 1380. The number of nitriles is 1. The molecule has 36 heavy (non-hydrogen) atoms. The van der Waals surface area contributed by atoms with Gasteiger partial charge in [0.05, 0.1) is 36.8 Å². The van der Waals surface area contributed by atoms with Gasteiger partial charge < -0.3 is 20.7 Å². The van der Waals surface area contributed by atoms with E-state index in [0.29, 0.717) is 40.4 Å². The molecule has 2 aromatic heterocycles. The maximum absolute atomic E-state index is 13.7. The number of rotatable bonds is 8. The highest BCUT2D eigenvalue weighted by Crippen LogP contribution is 2.26. The molecule has 1 unspecified atom stereocenters. The Kier molecular flexibility index (Phi) is 7.97. The number of aromatic nitrogens is 2. The van der Waals surface area contributed by atoms with Crippen LogP contribution in [0.3, 0.4) is 0 Å². The zero-order chi connectivity index (χ0) is 25.7. The molecule has 3 heterocycles. The summed E-state index contributed by atoms with van der Waals surface area (Å²) < 4.78 is 6.81. The zero-order valence-electron chi connectivity index (χ0n) is 20.0. The molecule has 1 aliphatic heterocycles. The molecule has 11 heteroatoms. The fourth-order valence-corrected chi connectivity index (χ4v) is 5.20. The van der Waals surface area contributed by atoms with Crippen LogP contribution in [-0.2, 0) is 16.1 Å². The summed E-state index contributed by atoms with van der Waals surface area (Å²) in [5, 5.41) is 13.9. The van der Waals surface area contributed by atoms with Crippen molar-refractivity contribution in [2.24, 2.45) is 5.73 Å². The fraction of sp³-hybridized carbons (Fsp3) is 0.400. The Morgan fingerprint density at radius 1 is 1.36 bits per heavy atom. The number of hydrogen-bond acceptors (Lipinski definition) is 9. The number of thiophene rings is 1. The molecule has 4 rings (SSSR count). The summed E-state index contributed by atoms with van der Waals surface area (Å²) in [5.41, 5.74) is 7.73. The van der Waals surface area contributed by atoms with Crippen molar-refractivity contribution in [1.29, 1.82) is 5.26 Å². The molecule has 1 aliphatic rings. The molecule has 3 aromatic rings. The number of anilines is 1. The molecule has 1 saturated heterocycles. The standard InChI is InChI=1S/C25H28N6O4S/c1-2-35-20(32)9-10-28-23(33)19-15-36-22-21(19)29-25(30-11-5-8-18(27)14-30)31(24(22)34)13-17-7-4-3-6-16(17)12-26/h3-4,6-7,15,18H,2,5,8-11,13-14,27H2,1H3,(H,28,33). The predicted molar refractivity (Wildman–Crippen MR) is 137 cm³/mol. The monoisotopic (exact) mass is 508 g/mol. The molecule has 0 radical (unpaired) electrons. The lowest BCUT2D eigenvalue weighted by Crippen LogP contribution is -2.45. The third-order valence-electron chi connectivity index (χ3n) is 6.03. The lowest BCUT2D eigenvalue weighted by atomic mass is 10.1. The van der Waals surface area contributed by atoms with E-state index in [9.17, 15) is 19.6 Å². The predicted octanol–water partition coefficient (Wildman–Crippen LogP) is 1.99. The van der Waals surface area contributed by atoms with E-state index in [1.54, 1.807) is 29.0 Å². The molecule has 10 nitrogen and oxygen atoms in total. The first-order valence-electron chi connectivity index (χ1n) is 11.9. The molecule has 1 amide bonds. The average Bonchev–Trinajstić information content (AvgIpc) is 3.30. The lowest BCUT2D eigenvalue weighted by Gasteiger charge is -2.33. The molecule has 0 aliphatic carbocycles. The van der Waals surface area contributed by atoms with Crippen LogP contribution >= 0.6 is 11.3 Å². The summed E-state index contributed by atoms with van der Waals surface area (Å²) in [7, 11) is 0. The van der Waals surface area contributed by atoms with Crippen LogP contribution in [0.1, 0.15) is 47.7 Å². The van der Waals surface area contributed by atoms with Crippen molar-refractivity contribution in [3.8, 4) is 6.07 Å². The van der Waals surface area contributed by atoms with E-state index in [0.717, 1.165) is 24.2 Å². The summed E-state index contributed by atoms with van der Waals surface area (Å²) in [6, 6.07) is 9.26. The highest BCUT2D eigenvalue weighted by atomic mass is 32.1. The van der Waals surface area contributed by atoms with Crippen LogP contribution in [0.4, 0.5) is 5.95 Å². The zero-order valence-corrected chi connectivity index (χ0v) is 20.8. The van der Waals surface area contributed by atoms with Gasteiger partial charge in [0.2, 0.25) is 5.95 Å². The highest BCUT2D eigenvalue weighted by molar-refractivity contribution is 7.17. The highest BCUT2D eigenvalue weighted by Gasteiger charge is 2.25. The molecular weight excluding hydrogens is 480 g/mol. The van der Waals surface area contributed by atoms with E-state index in [1.165, 1.54) is 0 Å². The SMILES string of the molecule is CCOC(=O)CCNC(=O)c1csc2c(=O)n(Cc3ccccc3C#N)c(N3CCCC(N)C3)nc12.